The molecule has 4 aromatic carbocycles. The van der Waals surface area contributed by atoms with E-state index in [1.807, 2.05) is 0 Å². The van der Waals surface area contributed by atoms with Crippen LogP contribution in [0.25, 0.3) is 0 Å². The van der Waals surface area contributed by atoms with Crippen LogP contribution < -0.4 is 15.9 Å². The van der Waals surface area contributed by atoms with Crippen LogP contribution in [0.1, 0.15) is 11.1 Å². The smallest absolute Gasteiger partial charge is 0.0655 e. The number of benzene rings is 4. The van der Waals surface area contributed by atoms with E-state index < -0.39 is 15.0 Å². The number of hydrogen-bond donors (Lipinski definition) is 0. The first-order valence-corrected chi connectivity index (χ1v) is 16.2. The molecule has 0 nitrogen and oxygen atoms in total. The molecule has 0 aliphatic rings. The van der Waals surface area contributed by atoms with Crippen LogP contribution in [0.2, 0.25) is 19.6 Å². The first-order chi connectivity index (χ1) is 14.9. The topological polar surface area (TPSA) is 0 Å². The van der Waals surface area contributed by atoms with Gasteiger partial charge in [0.05, 0.1) is 8.07 Å². The molecule has 4 rings (SSSR count). The lowest BCUT2D eigenvalue weighted by atomic mass is 10.2. The highest BCUT2D eigenvalue weighted by molar-refractivity contribution is 7.98. The predicted molar refractivity (Wildman–Crippen MR) is 144 cm³/mol. The molecule has 2 heteroatoms. The summed E-state index contributed by atoms with van der Waals surface area (Å²) >= 11 is 0. The van der Waals surface area contributed by atoms with Crippen molar-refractivity contribution in [3.63, 3.8) is 0 Å². The van der Waals surface area contributed by atoms with Gasteiger partial charge in [0.1, 0.15) is 0 Å². The highest BCUT2D eigenvalue weighted by Crippen LogP contribution is 2.49. The van der Waals surface area contributed by atoms with E-state index in [1.165, 1.54) is 27.0 Å². The molecule has 4 aromatic rings. The Balaban J connectivity index is 2.34. The van der Waals surface area contributed by atoms with Crippen LogP contribution in [0.3, 0.4) is 0 Å². The molecule has 0 N–H and O–H groups in total. The largest absolute Gasteiger partial charge is 0.0797 e. The normalized spacial score (nSPS) is 11.9. The van der Waals surface area contributed by atoms with Crippen LogP contribution in [0.4, 0.5) is 0 Å². The van der Waals surface area contributed by atoms with Crippen LogP contribution >= 0.6 is 6.89 Å². The third kappa shape index (κ3) is 4.13. The fourth-order valence-corrected chi connectivity index (χ4v) is 15.0. The Morgan fingerprint density at radius 2 is 0.968 bits per heavy atom. The Bertz CT molecular complexity index is 1100. The highest BCUT2D eigenvalue weighted by atomic mass is 31.2. The molecule has 156 valence electrons. The zero-order valence-electron chi connectivity index (χ0n) is 18.9. The second-order valence-electron chi connectivity index (χ2n) is 9.15. The van der Waals surface area contributed by atoms with Crippen molar-refractivity contribution in [3.8, 4) is 0 Å². The molecule has 0 unspecified atom stereocenters. The summed E-state index contributed by atoms with van der Waals surface area (Å²) in [6.07, 6.45) is 0. The molecule has 0 aromatic heterocycles. The Labute approximate surface area is 188 Å². The summed E-state index contributed by atoms with van der Waals surface area (Å²) in [7, 11) is -1.77. The van der Waals surface area contributed by atoms with E-state index in [-0.39, 0.29) is 0 Å². The van der Waals surface area contributed by atoms with Crippen molar-refractivity contribution in [1.82, 2.24) is 0 Å². The average molecular weight is 439 g/mol. The monoisotopic (exact) mass is 438 g/mol. The lowest BCUT2D eigenvalue weighted by Gasteiger charge is -2.38. The second kappa shape index (κ2) is 8.87. The molecule has 0 bridgehead atoms. The van der Waals surface area contributed by atoms with Crippen LogP contribution in [0, 0.1) is 6.92 Å². The zero-order valence-corrected chi connectivity index (χ0v) is 20.8. The summed E-state index contributed by atoms with van der Waals surface area (Å²) in [6.45, 7) is 7.68. The van der Waals surface area contributed by atoms with Gasteiger partial charge in [0, 0.05) is 0 Å². The Hall–Kier alpha value is -2.60. The van der Waals surface area contributed by atoms with Gasteiger partial charge in [-0.15, -0.1) is 0 Å². The highest BCUT2D eigenvalue weighted by Gasteiger charge is 2.36. The van der Waals surface area contributed by atoms with Crippen LogP contribution in [-0.2, 0) is 0 Å². The van der Waals surface area contributed by atoms with Gasteiger partial charge < -0.3 is 0 Å². The van der Waals surface area contributed by atoms with E-state index >= 15 is 0 Å². The summed E-state index contributed by atoms with van der Waals surface area (Å²) in [4.78, 5) is 1.66. The van der Waals surface area contributed by atoms with E-state index in [0.29, 0.717) is 0 Å². The summed E-state index contributed by atoms with van der Waals surface area (Å²) in [5, 5.41) is 4.31. The minimum absolute atomic E-state index is 1.32. The van der Waals surface area contributed by atoms with E-state index in [0.717, 1.165) is 0 Å². The lowest BCUT2D eigenvalue weighted by molar-refractivity contribution is 1.46. The molecule has 0 radical (unpaired) electrons. The van der Waals surface area contributed by atoms with Crippen molar-refractivity contribution in [2.45, 2.75) is 26.6 Å². The summed E-state index contributed by atoms with van der Waals surface area (Å²) < 4.78 is 0. The van der Waals surface area contributed by atoms with Gasteiger partial charge in [0.15, 0.2) is 0 Å². The van der Waals surface area contributed by atoms with Crippen molar-refractivity contribution in [1.29, 1.82) is 0 Å². The molecule has 0 heterocycles. The number of aryl methyl sites for hydroxylation is 1. The summed E-state index contributed by atoms with van der Waals surface area (Å²) in [6, 6.07) is 42.9. The first-order valence-electron chi connectivity index (χ1n) is 10.9. The maximum atomic E-state index is 2.51. The second-order valence-corrected chi connectivity index (χ2v) is 17.9. The van der Waals surface area contributed by atoms with Crippen molar-refractivity contribution in [3.05, 3.63) is 126 Å². The van der Waals surface area contributed by atoms with Gasteiger partial charge >= 0.3 is 0 Å². The molecule has 0 aliphatic carbocycles. The quantitative estimate of drug-likeness (QED) is 0.250. The van der Waals surface area contributed by atoms with Crippen LogP contribution in [0.15, 0.2) is 115 Å². The molecular formula is C29H31PSi. The fourth-order valence-electron chi connectivity index (χ4n) is 4.71. The molecular weight excluding hydrogens is 407 g/mol. The van der Waals surface area contributed by atoms with Gasteiger partial charge in [-0.05, 0) is 40.2 Å². The van der Waals surface area contributed by atoms with Gasteiger partial charge in [-0.3, -0.25) is 0 Å². The Morgan fingerprint density at radius 3 is 1.32 bits per heavy atom. The molecule has 0 amide bonds. The molecule has 0 atom stereocenters. The van der Waals surface area contributed by atoms with Crippen molar-refractivity contribution in [2.75, 3.05) is 0 Å². The van der Waals surface area contributed by atoms with Gasteiger partial charge in [-0.2, -0.15) is 0 Å². The van der Waals surface area contributed by atoms with Gasteiger partial charge in [0.2, 0.25) is 0 Å². The standard InChI is InChI=1S/C29H31PSi/c1-24-15-14-16-25(23-24)29(31(2,3)4)30(26-17-8-5-9-18-26,27-19-10-6-11-20-27)28-21-12-7-13-22-28/h5-23H,1-4H3. The minimum atomic E-state index is -2.05. The molecule has 0 spiro atoms. The Morgan fingerprint density at radius 1 is 0.548 bits per heavy atom. The average Bonchev–Trinajstić information content (AvgIpc) is 2.78. The summed E-state index contributed by atoms with van der Waals surface area (Å²) in [5.41, 5.74) is 2.73. The van der Waals surface area contributed by atoms with Crippen molar-refractivity contribution >= 4 is 35.8 Å². The van der Waals surface area contributed by atoms with Crippen LogP contribution in [-0.4, -0.2) is 13.0 Å². The first kappa shape index (κ1) is 21.6. The molecule has 0 saturated carbocycles. The molecule has 0 aliphatic heterocycles. The zero-order chi connectivity index (χ0) is 21.9. The maximum Gasteiger partial charge on any atom is 0.0797 e. The van der Waals surface area contributed by atoms with Crippen LogP contribution in [0.5, 0.6) is 0 Å². The summed E-state index contributed by atoms with van der Waals surface area (Å²) in [5.74, 6) is 0. The lowest BCUT2D eigenvalue weighted by Crippen LogP contribution is -2.42. The predicted octanol–water partition coefficient (Wildman–Crippen LogP) is 6.39. The van der Waals surface area contributed by atoms with Gasteiger partial charge in [0.25, 0.3) is 0 Å². The van der Waals surface area contributed by atoms with E-state index in [1.54, 1.807) is 4.92 Å². The molecule has 0 fully saturated rings. The molecule has 31 heavy (non-hydrogen) atoms. The fraction of sp³-hybridized carbons (Fsp3) is 0.138. The maximum absolute atomic E-state index is 2.51. The van der Waals surface area contributed by atoms with Gasteiger partial charge in [-0.1, -0.05) is 140 Å². The minimum Gasteiger partial charge on any atom is -0.0655 e. The van der Waals surface area contributed by atoms with E-state index in [4.69, 9.17) is 0 Å². The van der Waals surface area contributed by atoms with E-state index in [2.05, 4.69) is 142 Å². The van der Waals surface area contributed by atoms with Crippen molar-refractivity contribution in [2.24, 2.45) is 0 Å². The van der Waals surface area contributed by atoms with E-state index in [9.17, 15) is 0 Å². The van der Waals surface area contributed by atoms with Crippen molar-refractivity contribution < 1.29 is 0 Å². The molecule has 0 saturated heterocycles. The third-order valence-corrected chi connectivity index (χ3v) is 14.6. The number of hydrogen-bond acceptors (Lipinski definition) is 0. The number of rotatable bonds is 5. The Kier molecular flexibility index (Phi) is 6.19. The SMILES string of the molecule is Cc1cccc(C([Si](C)(C)C)=P(c2ccccc2)(c2ccccc2)c2ccccc2)c1. The third-order valence-electron chi connectivity index (χ3n) is 5.77. The van der Waals surface area contributed by atoms with Gasteiger partial charge in [-0.25, -0.2) is 0 Å².